The molecule has 22 nitrogen and oxygen atoms in total. The zero-order valence-electron chi connectivity index (χ0n) is 40.6. The summed E-state index contributed by atoms with van der Waals surface area (Å²) in [7, 11) is 3.24. The summed E-state index contributed by atoms with van der Waals surface area (Å²) in [5, 5.41) is 55.4. The number of methoxy groups -OCH3 is 2. The number of carbonyl (C=O) groups is 2. The molecule has 0 saturated heterocycles. The van der Waals surface area contributed by atoms with Gasteiger partial charge in [-0.2, -0.15) is 9.13 Å². The second-order valence-corrected chi connectivity index (χ2v) is 17.1. The predicted molar refractivity (Wildman–Crippen MR) is 263 cm³/mol. The van der Waals surface area contributed by atoms with Crippen molar-refractivity contribution in [2.45, 2.75) is 39.1 Å². The summed E-state index contributed by atoms with van der Waals surface area (Å²) < 4.78 is 50.4. The van der Waals surface area contributed by atoms with Gasteiger partial charge in [0, 0.05) is 25.0 Å². The van der Waals surface area contributed by atoms with Crippen molar-refractivity contribution >= 4 is 33.5 Å². The van der Waals surface area contributed by atoms with Crippen LogP contribution in [0.5, 0.6) is 46.0 Å². The molecular formula is C54H42CuN4O18. The molecule has 0 aliphatic carbocycles. The van der Waals surface area contributed by atoms with Crippen LogP contribution in [-0.4, -0.2) is 49.9 Å². The number of benzene rings is 6. The van der Waals surface area contributed by atoms with Gasteiger partial charge in [0.05, 0.1) is 58.2 Å². The Morgan fingerprint density at radius 3 is 1.22 bits per heavy atom. The number of aromatic carboxylic acids is 2. The topological polar surface area (TPSA) is 294 Å². The number of aryl methyl sites for hydroxylation is 4. The Hall–Kier alpha value is -9.60. The number of hydrogen-bond donors (Lipinski definition) is 0. The quantitative estimate of drug-likeness (QED) is 0.0698. The summed E-state index contributed by atoms with van der Waals surface area (Å²) in [6, 6.07) is 33.4. The smallest absolute Gasteiger partial charge is 0.545 e. The van der Waals surface area contributed by atoms with E-state index in [-0.39, 0.29) is 55.0 Å². The van der Waals surface area contributed by atoms with Gasteiger partial charge in [0.15, 0.2) is 71.5 Å². The van der Waals surface area contributed by atoms with E-state index in [0.29, 0.717) is 23.0 Å². The number of nitrogens with zero attached hydrogens (tertiary/aromatic N) is 4. The van der Waals surface area contributed by atoms with Crippen molar-refractivity contribution < 1.29 is 94.1 Å². The molecule has 0 atom stereocenters. The molecule has 12 rings (SSSR count). The molecule has 0 fully saturated rings. The normalized spacial score (nSPS) is 12.4. The van der Waals surface area contributed by atoms with Gasteiger partial charge < -0.3 is 88.3 Å². The van der Waals surface area contributed by atoms with Gasteiger partial charge in [-0.1, -0.05) is 48.5 Å². The third-order valence-corrected chi connectivity index (χ3v) is 12.7. The molecule has 6 aromatic carbocycles. The van der Waals surface area contributed by atoms with Crippen LogP contribution < -0.4 is 57.2 Å². The number of fused-ring (bicyclic) bond motifs is 10. The molecular weight excluding hydrogens is 1060 g/mol. The van der Waals surface area contributed by atoms with Crippen LogP contribution >= 0.6 is 0 Å². The van der Waals surface area contributed by atoms with Crippen LogP contribution in [0, 0.1) is 30.6 Å². The molecule has 0 bridgehead atoms. The van der Waals surface area contributed by atoms with Crippen molar-refractivity contribution in [1.29, 1.82) is 0 Å². The van der Waals surface area contributed by atoms with E-state index in [9.17, 15) is 19.8 Å². The van der Waals surface area contributed by atoms with Crippen LogP contribution in [0.2, 0.25) is 0 Å². The number of carbonyl (C=O) groups excluding carboxylic acids is 2. The van der Waals surface area contributed by atoms with Gasteiger partial charge in [-0.3, -0.25) is 0 Å². The Kier molecular flexibility index (Phi) is 16.2. The summed E-state index contributed by atoms with van der Waals surface area (Å²) in [4.78, 5) is 38.5. The van der Waals surface area contributed by atoms with Gasteiger partial charge >= 0.3 is 17.1 Å². The zero-order chi connectivity index (χ0) is 53.6. The largest absolute Gasteiger partial charge is 2.00 e. The minimum absolute atomic E-state index is 0. The van der Waals surface area contributed by atoms with E-state index in [0.717, 1.165) is 104 Å². The average molecular weight is 1100 g/mol. The van der Waals surface area contributed by atoms with Gasteiger partial charge in [0.1, 0.15) is 13.2 Å². The van der Waals surface area contributed by atoms with E-state index in [1.54, 1.807) is 38.5 Å². The fourth-order valence-electron chi connectivity index (χ4n) is 9.20. The van der Waals surface area contributed by atoms with Crippen molar-refractivity contribution in [3.05, 3.63) is 186 Å². The van der Waals surface area contributed by atoms with Crippen LogP contribution in [-0.2, 0) is 56.2 Å². The maximum absolute atomic E-state index is 11.0. The first kappa shape index (κ1) is 53.7. The number of carboxylic acids is 2. The number of rotatable bonds is 10. The average Bonchev–Trinajstić information content (AvgIpc) is 4.09. The molecule has 2 aromatic heterocycles. The third-order valence-electron chi connectivity index (χ3n) is 12.7. The van der Waals surface area contributed by atoms with E-state index in [4.69, 9.17) is 68.5 Å². The van der Waals surface area contributed by atoms with Crippen LogP contribution in [0.15, 0.2) is 122 Å². The fourth-order valence-corrected chi connectivity index (χ4v) is 9.20. The number of ether oxygens (including phenoxy) is 8. The minimum Gasteiger partial charge on any atom is -0.545 e. The first-order valence-electron chi connectivity index (χ1n) is 23.1. The third kappa shape index (κ3) is 11.9. The molecule has 6 heterocycles. The van der Waals surface area contributed by atoms with Crippen LogP contribution in [0.3, 0.4) is 0 Å². The summed E-state index contributed by atoms with van der Waals surface area (Å²) >= 11 is 0. The van der Waals surface area contributed by atoms with Gasteiger partial charge in [0.25, 0.3) is 0 Å². The molecule has 0 spiro atoms. The SMILES string of the molecule is COc1ccc2cc3[n+](cc2c1OCc1ccc(C(=O)[O-])cc1)CCc1cc2c(cc1-3)OCO2.COc1ccc2cc3[n+](cc2c1OCc1ccc(C(=O)[O-])cc1)CCc1cc2c(cc1-3)OCO2.O=[N+]([O-])[O-].O=[N+]([O-])[O-].[Cu+2]. The van der Waals surface area contributed by atoms with Gasteiger partial charge in [-0.15, -0.1) is 0 Å². The van der Waals surface area contributed by atoms with Crippen LogP contribution in [0.25, 0.3) is 44.1 Å². The Bertz CT molecular complexity index is 3340. The zero-order valence-corrected chi connectivity index (χ0v) is 41.6. The Morgan fingerprint density at radius 1 is 0.532 bits per heavy atom. The van der Waals surface area contributed by atoms with Crippen LogP contribution in [0.4, 0.5) is 0 Å². The maximum Gasteiger partial charge on any atom is 2.00 e. The standard InChI is InChI=1S/2C27H21NO6.Cu.2NO3/c2*1-31-23-7-6-18-10-22-20-12-25-24(33-15-34-25)11-19(20)8-9-28(22)13-21(18)26(23)32-14-16-2-4-17(5-3-16)27(29)30;;2*2-1(3)4/h2*2-7,10-13H,8-9,14-15H2,1H3;;;/q;;+2;2*-1. The summed E-state index contributed by atoms with van der Waals surface area (Å²) in [5.41, 5.74) is 8.96. The molecule has 4 aliphatic heterocycles. The van der Waals surface area contributed by atoms with Gasteiger partial charge in [-0.25, -0.2) is 0 Å². The van der Waals surface area contributed by atoms with Crippen molar-refractivity contribution in [3.8, 4) is 68.5 Å². The Balaban J connectivity index is 0.000000177. The van der Waals surface area contributed by atoms with Gasteiger partial charge in [0.2, 0.25) is 25.0 Å². The minimum atomic E-state index is -1.75. The van der Waals surface area contributed by atoms with Crippen molar-refractivity contribution in [1.82, 2.24) is 0 Å². The number of carboxylic acid groups (broad SMARTS) is 2. The molecule has 397 valence electrons. The summed E-state index contributed by atoms with van der Waals surface area (Å²) in [6.45, 7) is 2.73. The molecule has 0 amide bonds. The van der Waals surface area contributed by atoms with Gasteiger partial charge in [-0.05, 0) is 92.7 Å². The van der Waals surface area contributed by atoms with E-state index in [1.165, 1.54) is 35.4 Å². The first-order valence-corrected chi connectivity index (χ1v) is 23.1. The van der Waals surface area contributed by atoms with Crippen molar-refractivity contribution in [3.63, 3.8) is 0 Å². The van der Waals surface area contributed by atoms with E-state index >= 15 is 0 Å². The molecule has 0 saturated carbocycles. The predicted octanol–water partition coefficient (Wildman–Crippen LogP) is 5.58. The molecule has 1 radical (unpaired) electrons. The van der Waals surface area contributed by atoms with Crippen LogP contribution in [0.1, 0.15) is 43.0 Å². The summed E-state index contributed by atoms with van der Waals surface area (Å²) in [6.07, 6.45) is 5.99. The van der Waals surface area contributed by atoms with E-state index < -0.39 is 22.1 Å². The fraction of sp³-hybridized carbons (Fsp3) is 0.185. The molecule has 23 heteroatoms. The molecule has 0 N–H and O–H groups in total. The Labute approximate surface area is 447 Å². The number of hydrogen-bond acceptors (Lipinski definition) is 18. The van der Waals surface area contributed by atoms with E-state index in [1.807, 2.05) is 24.3 Å². The molecule has 0 unspecified atom stereocenters. The molecule has 77 heavy (non-hydrogen) atoms. The first-order chi connectivity index (χ1) is 36.7. The second-order valence-electron chi connectivity index (χ2n) is 17.1. The van der Waals surface area contributed by atoms with Crippen molar-refractivity contribution in [2.75, 3.05) is 27.8 Å². The second kappa shape index (κ2) is 23.3. The number of aromatic nitrogens is 2. The molecule has 4 aliphatic rings. The monoisotopic (exact) mass is 1100 g/mol. The molecule has 8 aromatic rings. The van der Waals surface area contributed by atoms with E-state index in [2.05, 4.69) is 57.9 Å². The van der Waals surface area contributed by atoms with Crippen molar-refractivity contribution in [2.24, 2.45) is 0 Å². The maximum atomic E-state index is 11.0. The summed E-state index contributed by atoms with van der Waals surface area (Å²) in [5.74, 6) is 3.34. The Morgan fingerprint density at radius 2 is 0.883 bits per heavy atom. The number of pyridine rings is 2.